The number of likely N-dealkylation sites (tertiary alicyclic amines) is 1. The van der Waals surface area contributed by atoms with Crippen LogP contribution in [0.15, 0.2) is 4.79 Å². The van der Waals surface area contributed by atoms with Crippen molar-refractivity contribution in [2.75, 3.05) is 13.1 Å². The van der Waals surface area contributed by atoms with E-state index in [0.29, 0.717) is 0 Å². The first kappa shape index (κ1) is 12.4. The van der Waals surface area contributed by atoms with Crippen molar-refractivity contribution >= 4 is 5.91 Å². The van der Waals surface area contributed by atoms with Gasteiger partial charge in [0.1, 0.15) is 12.4 Å². The molecule has 0 spiro atoms. The third kappa shape index (κ3) is 2.43. The van der Waals surface area contributed by atoms with Crippen LogP contribution in [0, 0.1) is 0 Å². The highest BCUT2D eigenvalue weighted by molar-refractivity contribution is 5.76. The molecule has 3 rings (SSSR count). The van der Waals surface area contributed by atoms with Gasteiger partial charge in [0, 0.05) is 26.1 Å². The summed E-state index contributed by atoms with van der Waals surface area (Å²) < 4.78 is 3.09. The van der Waals surface area contributed by atoms with Gasteiger partial charge in [-0.05, 0) is 25.7 Å². The Balaban J connectivity index is 1.78. The molecule has 1 aromatic heterocycles. The van der Waals surface area contributed by atoms with Crippen molar-refractivity contribution in [2.24, 2.45) is 0 Å². The van der Waals surface area contributed by atoms with E-state index in [2.05, 4.69) is 5.10 Å². The molecule has 19 heavy (non-hydrogen) atoms. The van der Waals surface area contributed by atoms with Crippen LogP contribution >= 0.6 is 0 Å². The number of carbonyl (C=O) groups is 1. The molecule has 1 fully saturated rings. The van der Waals surface area contributed by atoms with Gasteiger partial charge in [-0.1, -0.05) is 6.42 Å². The summed E-state index contributed by atoms with van der Waals surface area (Å²) in [6.45, 7) is 2.48. The van der Waals surface area contributed by atoms with Crippen LogP contribution in [0.1, 0.15) is 37.9 Å². The third-order valence-electron chi connectivity index (χ3n) is 4.03. The molecule has 3 heterocycles. The number of aryl methyl sites for hydroxylation is 1. The van der Waals surface area contributed by atoms with E-state index < -0.39 is 0 Å². The number of fused-ring (bicyclic) bond motifs is 1. The summed E-state index contributed by atoms with van der Waals surface area (Å²) in [5.41, 5.74) is -0.121. The first-order valence-electron chi connectivity index (χ1n) is 7.20. The molecule has 0 unspecified atom stereocenters. The van der Waals surface area contributed by atoms with Gasteiger partial charge in [-0.25, -0.2) is 9.48 Å². The van der Waals surface area contributed by atoms with Crippen LogP contribution in [0.25, 0.3) is 0 Å². The van der Waals surface area contributed by atoms with Gasteiger partial charge in [-0.2, -0.15) is 5.10 Å². The molecule has 2 aliphatic heterocycles. The van der Waals surface area contributed by atoms with Crippen molar-refractivity contribution in [3.05, 3.63) is 16.3 Å². The topological polar surface area (TPSA) is 60.1 Å². The molecule has 0 bridgehead atoms. The number of amides is 1. The first-order chi connectivity index (χ1) is 9.25. The normalized spacial score (nSPS) is 19.3. The first-order valence-corrected chi connectivity index (χ1v) is 7.20. The fourth-order valence-corrected chi connectivity index (χ4v) is 2.92. The van der Waals surface area contributed by atoms with Crippen LogP contribution in [-0.2, 0) is 24.3 Å². The van der Waals surface area contributed by atoms with Gasteiger partial charge in [-0.15, -0.1) is 0 Å². The zero-order chi connectivity index (χ0) is 13.2. The van der Waals surface area contributed by atoms with Crippen LogP contribution < -0.4 is 5.69 Å². The van der Waals surface area contributed by atoms with Crippen molar-refractivity contribution in [2.45, 2.75) is 51.6 Å². The molecule has 0 atom stereocenters. The van der Waals surface area contributed by atoms with E-state index in [0.717, 1.165) is 64.0 Å². The maximum absolute atomic E-state index is 12.2. The summed E-state index contributed by atoms with van der Waals surface area (Å²) in [5.74, 6) is 0.865. The summed E-state index contributed by atoms with van der Waals surface area (Å²) in [6, 6.07) is 0. The molecular weight excluding hydrogens is 244 g/mol. The summed E-state index contributed by atoms with van der Waals surface area (Å²) in [6.07, 6.45) is 6.24. The fraction of sp³-hybridized carbons (Fsp3) is 0.769. The molecule has 1 amide bonds. The molecule has 0 aromatic carbocycles. The summed E-state index contributed by atoms with van der Waals surface area (Å²) >= 11 is 0. The van der Waals surface area contributed by atoms with E-state index >= 15 is 0 Å². The van der Waals surface area contributed by atoms with Gasteiger partial charge in [0.15, 0.2) is 0 Å². The lowest BCUT2D eigenvalue weighted by molar-refractivity contribution is -0.131. The van der Waals surface area contributed by atoms with Gasteiger partial charge in [0.25, 0.3) is 0 Å². The Morgan fingerprint density at radius 2 is 1.79 bits per heavy atom. The zero-order valence-corrected chi connectivity index (χ0v) is 11.2. The summed E-state index contributed by atoms with van der Waals surface area (Å²) in [4.78, 5) is 26.1. The molecule has 6 nitrogen and oxygen atoms in total. The van der Waals surface area contributed by atoms with Crippen LogP contribution in [0.3, 0.4) is 0 Å². The molecule has 0 aliphatic carbocycles. The van der Waals surface area contributed by atoms with Crippen molar-refractivity contribution in [3.8, 4) is 0 Å². The Morgan fingerprint density at radius 3 is 2.58 bits per heavy atom. The van der Waals surface area contributed by atoms with E-state index in [9.17, 15) is 9.59 Å². The van der Waals surface area contributed by atoms with E-state index in [1.807, 2.05) is 4.90 Å². The molecular formula is C13H20N4O2. The predicted molar refractivity (Wildman–Crippen MR) is 69.9 cm³/mol. The molecule has 0 saturated carbocycles. The van der Waals surface area contributed by atoms with Gasteiger partial charge in [0.2, 0.25) is 5.91 Å². The molecule has 1 aromatic rings. The molecule has 104 valence electrons. The highest BCUT2D eigenvalue weighted by Gasteiger charge is 2.21. The predicted octanol–water partition coefficient (Wildman–Crippen LogP) is 0.394. The van der Waals surface area contributed by atoms with E-state index in [-0.39, 0.29) is 18.1 Å². The van der Waals surface area contributed by atoms with E-state index in [1.54, 1.807) is 4.57 Å². The Labute approximate surface area is 112 Å². The second kappa shape index (κ2) is 5.19. The minimum atomic E-state index is -0.121. The molecule has 6 heteroatoms. The van der Waals surface area contributed by atoms with Crippen molar-refractivity contribution in [1.29, 1.82) is 0 Å². The lowest BCUT2D eigenvalue weighted by Gasteiger charge is -2.14. The largest absolute Gasteiger partial charge is 0.346 e. The molecule has 1 saturated heterocycles. The number of hydrogen-bond acceptors (Lipinski definition) is 3. The second-order valence-electron chi connectivity index (χ2n) is 5.41. The average molecular weight is 264 g/mol. The van der Waals surface area contributed by atoms with Crippen LogP contribution in [0.4, 0.5) is 0 Å². The highest BCUT2D eigenvalue weighted by Crippen LogP contribution is 2.11. The standard InChI is InChI=1S/C13H20N4O2/c18-12(15-7-4-5-8-15)10-17-13(19)16-9-3-1-2-6-11(16)14-17/h1-10H2. The van der Waals surface area contributed by atoms with Crippen LogP contribution in [-0.4, -0.2) is 38.2 Å². The summed E-state index contributed by atoms with van der Waals surface area (Å²) in [5, 5.41) is 4.34. The Kier molecular flexibility index (Phi) is 3.40. The van der Waals surface area contributed by atoms with Gasteiger partial charge in [-0.3, -0.25) is 9.36 Å². The third-order valence-corrected chi connectivity index (χ3v) is 4.03. The van der Waals surface area contributed by atoms with E-state index in [1.165, 1.54) is 4.68 Å². The average Bonchev–Trinajstić information content (AvgIpc) is 2.95. The number of hydrogen-bond donors (Lipinski definition) is 0. The Morgan fingerprint density at radius 1 is 1.05 bits per heavy atom. The van der Waals surface area contributed by atoms with Crippen molar-refractivity contribution in [1.82, 2.24) is 19.2 Å². The van der Waals surface area contributed by atoms with Gasteiger partial charge < -0.3 is 4.90 Å². The maximum Gasteiger partial charge on any atom is 0.346 e. The second-order valence-corrected chi connectivity index (χ2v) is 5.41. The molecule has 0 radical (unpaired) electrons. The van der Waals surface area contributed by atoms with Crippen molar-refractivity contribution < 1.29 is 4.79 Å². The van der Waals surface area contributed by atoms with E-state index in [4.69, 9.17) is 0 Å². The number of nitrogens with zero attached hydrogens (tertiary/aromatic N) is 4. The highest BCUT2D eigenvalue weighted by atomic mass is 16.2. The lowest BCUT2D eigenvalue weighted by Crippen LogP contribution is -2.35. The Bertz CT molecular complexity index is 525. The molecule has 0 N–H and O–H groups in total. The quantitative estimate of drug-likeness (QED) is 0.776. The zero-order valence-electron chi connectivity index (χ0n) is 11.2. The lowest BCUT2D eigenvalue weighted by atomic mass is 10.2. The van der Waals surface area contributed by atoms with Gasteiger partial charge >= 0.3 is 5.69 Å². The number of rotatable bonds is 2. The number of carbonyl (C=O) groups excluding carboxylic acids is 1. The SMILES string of the molecule is O=C(Cn1nc2n(c1=O)CCCCC2)N1CCCC1. The Hall–Kier alpha value is -1.59. The molecule has 2 aliphatic rings. The van der Waals surface area contributed by atoms with Gasteiger partial charge in [0.05, 0.1) is 0 Å². The monoisotopic (exact) mass is 264 g/mol. The van der Waals surface area contributed by atoms with Crippen LogP contribution in [0.2, 0.25) is 0 Å². The maximum atomic E-state index is 12.2. The van der Waals surface area contributed by atoms with Crippen LogP contribution in [0.5, 0.6) is 0 Å². The van der Waals surface area contributed by atoms with Crippen molar-refractivity contribution in [3.63, 3.8) is 0 Å². The summed E-state index contributed by atoms with van der Waals surface area (Å²) in [7, 11) is 0. The number of aromatic nitrogens is 3. The minimum Gasteiger partial charge on any atom is -0.341 e. The minimum absolute atomic E-state index is 0.0212. The fourth-order valence-electron chi connectivity index (χ4n) is 2.92. The smallest absolute Gasteiger partial charge is 0.341 e.